The Morgan fingerprint density at radius 2 is 1.85 bits per heavy atom. The summed E-state index contributed by atoms with van der Waals surface area (Å²) in [7, 11) is 0. The van der Waals surface area contributed by atoms with E-state index >= 15 is 0 Å². The number of thioether (sulfide) groups is 1. The van der Waals surface area contributed by atoms with Crippen LogP contribution in [0.4, 0.5) is 0 Å². The van der Waals surface area contributed by atoms with Crippen molar-refractivity contribution in [3.05, 3.63) is 85.4 Å². The molecule has 0 atom stereocenters. The van der Waals surface area contributed by atoms with Crippen molar-refractivity contribution in [3.63, 3.8) is 0 Å². The summed E-state index contributed by atoms with van der Waals surface area (Å²) in [5.74, 6) is 0.724. The van der Waals surface area contributed by atoms with Crippen LogP contribution >= 0.6 is 39.0 Å². The number of fused-ring (bicyclic) bond motifs is 5. The van der Waals surface area contributed by atoms with Crippen molar-refractivity contribution in [3.8, 4) is 5.69 Å². The first-order valence-corrected chi connectivity index (χ1v) is 13.1. The molecule has 0 bridgehead atoms. The topological polar surface area (TPSA) is 69.3 Å². The lowest BCUT2D eigenvalue weighted by molar-refractivity contribution is 0.102. The smallest absolute Gasteiger partial charge is 0.268 e. The largest absolute Gasteiger partial charge is 0.293 e. The van der Waals surface area contributed by atoms with Crippen molar-refractivity contribution in [2.24, 2.45) is 0 Å². The highest BCUT2D eigenvalue weighted by atomic mass is 79.9. The average molecular weight is 537 g/mol. The molecule has 1 aliphatic rings. The fourth-order valence-corrected chi connectivity index (χ4v) is 6.84. The molecular weight excluding hydrogens is 520 g/mol. The first-order valence-electron chi connectivity index (χ1n) is 10.5. The van der Waals surface area contributed by atoms with Gasteiger partial charge in [-0.2, -0.15) is 0 Å². The van der Waals surface area contributed by atoms with E-state index in [9.17, 15) is 9.59 Å². The van der Waals surface area contributed by atoms with Gasteiger partial charge in [-0.3, -0.25) is 9.59 Å². The van der Waals surface area contributed by atoms with E-state index in [0.29, 0.717) is 16.5 Å². The van der Waals surface area contributed by atoms with Crippen molar-refractivity contribution in [2.45, 2.75) is 24.4 Å². The van der Waals surface area contributed by atoms with Gasteiger partial charge >= 0.3 is 0 Å². The van der Waals surface area contributed by atoms with E-state index in [1.807, 2.05) is 59.0 Å². The number of rotatable bonds is 5. The van der Waals surface area contributed by atoms with Gasteiger partial charge in [-0.05, 0) is 49.1 Å². The standard InChI is InChI=1S/C24H17BrN4O2S2/c25-15-11-9-14(10-12-15)18(30)13-32-24-27-26-23-28(16-5-2-1-3-6-16)21(31)20-17-7-4-8-19(17)33-22(20)29(23)24/h1-3,5-6,9-12H,4,7-8,13H2. The molecule has 9 heteroatoms. The minimum Gasteiger partial charge on any atom is -0.293 e. The number of Topliss-reactive ketones (excluding diaryl/α,β-unsaturated/α-hetero) is 1. The second-order valence-corrected chi connectivity index (χ2v) is 10.8. The van der Waals surface area contributed by atoms with E-state index in [-0.39, 0.29) is 17.1 Å². The van der Waals surface area contributed by atoms with Crippen LogP contribution in [0.15, 0.2) is 69.0 Å². The Kier molecular flexibility index (Phi) is 5.20. The monoisotopic (exact) mass is 536 g/mol. The molecule has 1 aliphatic carbocycles. The van der Waals surface area contributed by atoms with Crippen LogP contribution < -0.4 is 5.56 Å². The van der Waals surface area contributed by atoms with Crippen molar-refractivity contribution in [1.29, 1.82) is 0 Å². The van der Waals surface area contributed by atoms with Gasteiger partial charge in [0.2, 0.25) is 5.78 Å². The number of aromatic nitrogens is 4. The second-order valence-electron chi connectivity index (χ2n) is 7.85. The first kappa shape index (κ1) is 20.8. The molecule has 6 nitrogen and oxygen atoms in total. The Labute approximate surface area is 205 Å². The number of ketones is 1. The maximum absolute atomic E-state index is 13.7. The highest BCUT2D eigenvalue weighted by molar-refractivity contribution is 9.10. The number of nitrogens with zero attached hydrogens (tertiary/aromatic N) is 4. The fourth-order valence-electron chi connectivity index (χ4n) is 4.31. The Balaban J connectivity index is 1.50. The van der Waals surface area contributed by atoms with Crippen LogP contribution in [0, 0.1) is 0 Å². The molecular formula is C24H17BrN4O2S2. The predicted molar refractivity (Wildman–Crippen MR) is 135 cm³/mol. The normalized spacial score (nSPS) is 13.1. The summed E-state index contributed by atoms with van der Waals surface area (Å²) in [6, 6.07) is 16.9. The molecule has 0 saturated heterocycles. The van der Waals surface area contributed by atoms with Gasteiger partial charge in [-0.1, -0.05) is 58.0 Å². The molecule has 5 aromatic rings. The van der Waals surface area contributed by atoms with E-state index in [0.717, 1.165) is 45.2 Å². The third-order valence-electron chi connectivity index (χ3n) is 5.85. The quantitative estimate of drug-likeness (QED) is 0.224. The van der Waals surface area contributed by atoms with Crippen molar-refractivity contribution < 1.29 is 4.79 Å². The van der Waals surface area contributed by atoms with E-state index in [1.54, 1.807) is 15.9 Å². The molecule has 0 amide bonds. The van der Waals surface area contributed by atoms with Crippen LogP contribution in [0.3, 0.4) is 0 Å². The molecule has 2 aromatic carbocycles. The molecule has 3 aromatic heterocycles. The summed E-state index contributed by atoms with van der Waals surface area (Å²) in [5.41, 5.74) is 2.50. The summed E-state index contributed by atoms with van der Waals surface area (Å²) in [4.78, 5) is 28.6. The molecule has 3 heterocycles. The van der Waals surface area contributed by atoms with Gasteiger partial charge in [-0.25, -0.2) is 8.97 Å². The lowest BCUT2D eigenvalue weighted by Gasteiger charge is -2.10. The van der Waals surface area contributed by atoms with Crippen molar-refractivity contribution in [2.75, 3.05) is 5.75 Å². The molecule has 0 N–H and O–H groups in total. The van der Waals surface area contributed by atoms with Gasteiger partial charge in [0.1, 0.15) is 4.83 Å². The van der Waals surface area contributed by atoms with Gasteiger partial charge < -0.3 is 0 Å². The van der Waals surface area contributed by atoms with Crippen molar-refractivity contribution >= 4 is 60.8 Å². The summed E-state index contributed by atoms with van der Waals surface area (Å²) < 4.78 is 4.52. The summed E-state index contributed by atoms with van der Waals surface area (Å²) >= 11 is 6.40. The first-order chi connectivity index (χ1) is 16.1. The summed E-state index contributed by atoms with van der Waals surface area (Å²) in [6.07, 6.45) is 2.98. The molecule has 0 radical (unpaired) electrons. The number of hydrogen-bond acceptors (Lipinski definition) is 6. The van der Waals surface area contributed by atoms with Crippen molar-refractivity contribution in [1.82, 2.24) is 19.2 Å². The van der Waals surface area contributed by atoms with Gasteiger partial charge in [0.25, 0.3) is 5.56 Å². The summed E-state index contributed by atoms with van der Waals surface area (Å²) in [5, 5.41) is 10.2. The SMILES string of the molecule is O=C(CSc1nnc2n(-c3ccccc3)c(=O)c3c4c(sc3n12)CCC4)c1ccc(Br)cc1. The van der Waals surface area contributed by atoms with E-state index in [4.69, 9.17) is 0 Å². The molecule has 0 fully saturated rings. The molecule has 0 unspecified atom stereocenters. The second kappa shape index (κ2) is 8.23. The Morgan fingerprint density at radius 1 is 1.06 bits per heavy atom. The number of hydrogen-bond donors (Lipinski definition) is 0. The third-order valence-corrected chi connectivity index (χ3v) is 8.59. The lowest BCUT2D eigenvalue weighted by atomic mass is 10.2. The maximum atomic E-state index is 13.7. The van der Waals surface area contributed by atoms with Crippen LogP contribution in [-0.4, -0.2) is 30.7 Å². The van der Waals surface area contributed by atoms with Crippen LogP contribution in [0.2, 0.25) is 0 Å². The fraction of sp³-hybridized carbons (Fsp3) is 0.167. The Morgan fingerprint density at radius 3 is 2.64 bits per heavy atom. The number of halogens is 1. The molecule has 33 heavy (non-hydrogen) atoms. The maximum Gasteiger partial charge on any atom is 0.268 e. The zero-order valence-electron chi connectivity index (χ0n) is 17.3. The Hall–Kier alpha value is -2.75. The Bertz CT molecular complexity index is 1590. The molecule has 6 rings (SSSR count). The zero-order chi connectivity index (χ0) is 22.5. The lowest BCUT2D eigenvalue weighted by Crippen LogP contribution is -2.21. The van der Waals surface area contributed by atoms with Crippen LogP contribution in [0.25, 0.3) is 21.7 Å². The molecule has 0 saturated carbocycles. The predicted octanol–water partition coefficient (Wildman–Crippen LogP) is 5.32. The van der Waals surface area contributed by atoms with Gasteiger partial charge in [0.05, 0.1) is 16.8 Å². The van der Waals surface area contributed by atoms with Crippen LogP contribution in [0.5, 0.6) is 0 Å². The number of carbonyl (C=O) groups excluding carboxylic acids is 1. The number of aryl methyl sites for hydroxylation is 2. The average Bonchev–Trinajstić information content (AvgIpc) is 3.53. The van der Waals surface area contributed by atoms with Crippen LogP contribution in [-0.2, 0) is 12.8 Å². The highest BCUT2D eigenvalue weighted by Gasteiger charge is 2.26. The van der Waals surface area contributed by atoms with E-state index in [1.165, 1.54) is 16.6 Å². The zero-order valence-corrected chi connectivity index (χ0v) is 20.5. The van der Waals surface area contributed by atoms with Gasteiger partial charge in [0, 0.05) is 14.9 Å². The molecule has 164 valence electrons. The summed E-state index contributed by atoms with van der Waals surface area (Å²) in [6.45, 7) is 0. The van der Waals surface area contributed by atoms with E-state index < -0.39 is 0 Å². The van der Waals surface area contributed by atoms with Crippen LogP contribution in [0.1, 0.15) is 27.2 Å². The number of thiophene rings is 1. The highest BCUT2D eigenvalue weighted by Crippen LogP contribution is 2.37. The third kappa shape index (κ3) is 3.46. The van der Waals surface area contributed by atoms with Gasteiger partial charge in [0.15, 0.2) is 10.9 Å². The molecule has 0 spiro atoms. The minimum atomic E-state index is -0.0574. The number of para-hydroxylation sites is 1. The minimum absolute atomic E-state index is 0.0190. The number of carbonyl (C=O) groups is 1. The number of benzene rings is 2. The molecule has 0 aliphatic heterocycles. The van der Waals surface area contributed by atoms with Gasteiger partial charge in [-0.15, -0.1) is 21.5 Å². The van der Waals surface area contributed by atoms with E-state index in [2.05, 4.69) is 26.1 Å².